The van der Waals surface area contributed by atoms with Crippen LogP contribution in [-0.2, 0) is 6.42 Å². The van der Waals surface area contributed by atoms with Crippen molar-refractivity contribution in [3.05, 3.63) is 46.5 Å². The second-order valence-electron chi connectivity index (χ2n) is 4.73. The zero-order valence-electron chi connectivity index (χ0n) is 10.5. The summed E-state index contributed by atoms with van der Waals surface area (Å²) in [6, 6.07) is 4.40. The summed E-state index contributed by atoms with van der Waals surface area (Å²) >= 11 is 5.80. The van der Waals surface area contributed by atoms with Gasteiger partial charge in [-0.1, -0.05) is 16.8 Å². The number of nitrogens with one attached hydrogen (secondary N) is 1. The van der Waals surface area contributed by atoms with Crippen LogP contribution in [0.2, 0.25) is 5.02 Å². The molecule has 1 N–H and O–H groups in total. The maximum atomic E-state index is 13.6. The van der Waals surface area contributed by atoms with E-state index in [4.69, 9.17) is 11.6 Å². The van der Waals surface area contributed by atoms with Gasteiger partial charge in [0.2, 0.25) is 0 Å². The summed E-state index contributed by atoms with van der Waals surface area (Å²) in [6.45, 7) is 1.64. The molecule has 1 saturated heterocycles. The highest BCUT2D eigenvalue weighted by atomic mass is 35.5. The number of hydrogen-bond donors (Lipinski definition) is 1. The Labute approximate surface area is 119 Å². The minimum Gasteiger partial charge on any atom is -0.312 e. The first-order chi connectivity index (χ1) is 9.63. The third-order valence-electron chi connectivity index (χ3n) is 3.29. The lowest BCUT2D eigenvalue weighted by molar-refractivity contribution is 0.0987. The third kappa shape index (κ3) is 2.57. The lowest BCUT2D eigenvalue weighted by atomic mass is 10.1. The zero-order valence-corrected chi connectivity index (χ0v) is 11.3. The highest BCUT2D eigenvalue weighted by Gasteiger charge is 2.22. The molecule has 104 valence electrons. The van der Waals surface area contributed by atoms with Gasteiger partial charge in [-0.05, 0) is 23.8 Å². The molecule has 1 aromatic heterocycles. The van der Waals surface area contributed by atoms with Crippen molar-refractivity contribution in [3.63, 3.8) is 0 Å². The van der Waals surface area contributed by atoms with Crippen LogP contribution < -0.4 is 5.32 Å². The molecule has 1 aliphatic heterocycles. The number of carbonyl (C=O) groups is 1. The standard InChI is InChI=1S/C13H12ClFN4O/c14-9-1-2-11(15)8(3-9)4-13(20)12-7-19(18-17-12)10-5-16-6-10/h1-3,7,10,16H,4-6H2. The monoisotopic (exact) mass is 294 g/mol. The fraction of sp³-hybridized carbons (Fsp3) is 0.308. The highest BCUT2D eigenvalue weighted by molar-refractivity contribution is 6.30. The van der Waals surface area contributed by atoms with E-state index in [0.29, 0.717) is 5.02 Å². The van der Waals surface area contributed by atoms with Crippen LogP contribution in [-0.4, -0.2) is 33.9 Å². The Bertz CT molecular complexity index is 654. The third-order valence-corrected chi connectivity index (χ3v) is 3.52. The second kappa shape index (κ2) is 5.30. The molecule has 5 nitrogen and oxygen atoms in total. The molecule has 20 heavy (non-hydrogen) atoms. The number of ketones is 1. The molecule has 7 heteroatoms. The topological polar surface area (TPSA) is 59.8 Å². The molecule has 0 bridgehead atoms. The summed E-state index contributed by atoms with van der Waals surface area (Å²) in [5.41, 5.74) is 0.513. The quantitative estimate of drug-likeness (QED) is 0.871. The molecule has 0 saturated carbocycles. The van der Waals surface area contributed by atoms with Crippen LogP contribution in [0.1, 0.15) is 22.1 Å². The molecule has 3 rings (SSSR count). The van der Waals surface area contributed by atoms with Crippen LogP contribution in [0.15, 0.2) is 24.4 Å². The van der Waals surface area contributed by atoms with E-state index in [-0.39, 0.29) is 29.5 Å². The lowest BCUT2D eigenvalue weighted by Gasteiger charge is -2.26. The van der Waals surface area contributed by atoms with E-state index in [1.54, 1.807) is 10.9 Å². The normalized spacial score (nSPS) is 15.1. The number of hydrogen-bond acceptors (Lipinski definition) is 4. The second-order valence-corrected chi connectivity index (χ2v) is 5.17. The van der Waals surface area contributed by atoms with Crippen molar-refractivity contribution >= 4 is 17.4 Å². The molecule has 1 aliphatic rings. The first-order valence-corrected chi connectivity index (χ1v) is 6.61. The molecule has 0 unspecified atom stereocenters. The van der Waals surface area contributed by atoms with Crippen molar-refractivity contribution < 1.29 is 9.18 Å². The number of rotatable bonds is 4. The molecule has 2 aromatic rings. The summed E-state index contributed by atoms with van der Waals surface area (Å²) in [7, 11) is 0. The van der Waals surface area contributed by atoms with Crippen LogP contribution in [0, 0.1) is 5.82 Å². The van der Waals surface area contributed by atoms with Crippen LogP contribution in [0.3, 0.4) is 0 Å². The summed E-state index contributed by atoms with van der Waals surface area (Å²) in [6.07, 6.45) is 1.53. The Morgan fingerprint density at radius 2 is 2.30 bits per heavy atom. The highest BCUT2D eigenvalue weighted by Crippen LogP contribution is 2.17. The minimum absolute atomic E-state index is 0.0754. The SMILES string of the molecule is O=C(Cc1cc(Cl)ccc1F)c1cn(C2CNC2)nn1. The van der Waals surface area contributed by atoms with Crippen LogP contribution in [0.4, 0.5) is 4.39 Å². The Hall–Kier alpha value is -1.79. The van der Waals surface area contributed by atoms with Gasteiger partial charge in [0.25, 0.3) is 0 Å². The minimum atomic E-state index is -0.446. The van der Waals surface area contributed by atoms with Gasteiger partial charge in [-0.2, -0.15) is 0 Å². The molecule has 1 aromatic carbocycles. The smallest absolute Gasteiger partial charge is 0.189 e. The fourth-order valence-electron chi connectivity index (χ4n) is 1.99. The first-order valence-electron chi connectivity index (χ1n) is 6.23. The molecular weight excluding hydrogens is 283 g/mol. The molecule has 0 amide bonds. The van der Waals surface area contributed by atoms with E-state index in [9.17, 15) is 9.18 Å². The van der Waals surface area contributed by atoms with Crippen molar-refractivity contribution in [1.82, 2.24) is 20.3 Å². The summed E-state index contributed by atoms with van der Waals surface area (Å²) in [4.78, 5) is 12.1. The van der Waals surface area contributed by atoms with Crippen LogP contribution >= 0.6 is 11.6 Å². The van der Waals surface area contributed by atoms with E-state index in [1.807, 2.05) is 0 Å². The first kappa shape index (κ1) is 13.2. The maximum absolute atomic E-state index is 13.6. The Balaban J connectivity index is 1.75. The number of aromatic nitrogens is 3. The average Bonchev–Trinajstić information content (AvgIpc) is 2.81. The van der Waals surface area contributed by atoms with Gasteiger partial charge in [0.05, 0.1) is 12.2 Å². The number of carbonyl (C=O) groups excluding carboxylic acids is 1. The van der Waals surface area contributed by atoms with Gasteiger partial charge < -0.3 is 5.32 Å². The Morgan fingerprint density at radius 3 is 3.00 bits per heavy atom. The van der Waals surface area contributed by atoms with Crippen molar-refractivity contribution in [3.8, 4) is 0 Å². The van der Waals surface area contributed by atoms with Gasteiger partial charge in [-0.15, -0.1) is 5.10 Å². The Morgan fingerprint density at radius 1 is 1.50 bits per heavy atom. The largest absolute Gasteiger partial charge is 0.312 e. The number of nitrogens with zero attached hydrogens (tertiary/aromatic N) is 3. The van der Waals surface area contributed by atoms with Gasteiger partial charge in [0.1, 0.15) is 11.5 Å². The van der Waals surface area contributed by atoms with E-state index in [1.165, 1.54) is 18.2 Å². The zero-order chi connectivity index (χ0) is 14.1. The van der Waals surface area contributed by atoms with Gasteiger partial charge in [-0.25, -0.2) is 9.07 Å². The van der Waals surface area contributed by atoms with Gasteiger partial charge >= 0.3 is 0 Å². The maximum Gasteiger partial charge on any atom is 0.189 e. The van der Waals surface area contributed by atoms with Gasteiger partial charge in [0, 0.05) is 24.5 Å². The predicted octanol–water partition coefficient (Wildman–Crippen LogP) is 1.64. The van der Waals surface area contributed by atoms with Crippen molar-refractivity contribution in [2.45, 2.75) is 12.5 Å². The molecule has 0 aliphatic carbocycles. The van der Waals surface area contributed by atoms with Crippen LogP contribution in [0.5, 0.6) is 0 Å². The predicted molar refractivity (Wildman–Crippen MR) is 71.4 cm³/mol. The van der Waals surface area contributed by atoms with E-state index in [2.05, 4.69) is 15.6 Å². The number of halogens is 2. The number of benzene rings is 1. The van der Waals surface area contributed by atoms with Gasteiger partial charge in [-0.3, -0.25) is 4.79 Å². The fourth-order valence-corrected chi connectivity index (χ4v) is 2.18. The van der Waals surface area contributed by atoms with E-state index < -0.39 is 5.82 Å². The number of Topliss-reactive ketones (excluding diaryl/α,β-unsaturated/α-hetero) is 1. The van der Waals surface area contributed by atoms with E-state index >= 15 is 0 Å². The van der Waals surface area contributed by atoms with Crippen molar-refractivity contribution in [2.24, 2.45) is 0 Å². The molecule has 2 heterocycles. The summed E-state index contributed by atoms with van der Waals surface area (Å²) in [5.74, 6) is -0.719. The Kier molecular flexibility index (Phi) is 3.50. The average molecular weight is 295 g/mol. The van der Waals surface area contributed by atoms with Crippen molar-refractivity contribution in [2.75, 3.05) is 13.1 Å². The molecule has 0 atom stereocenters. The van der Waals surface area contributed by atoms with Gasteiger partial charge in [0.15, 0.2) is 5.78 Å². The molecule has 0 spiro atoms. The van der Waals surface area contributed by atoms with Crippen LogP contribution in [0.25, 0.3) is 0 Å². The molecule has 1 fully saturated rings. The summed E-state index contributed by atoms with van der Waals surface area (Å²) in [5, 5.41) is 11.3. The van der Waals surface area contributed by atoms with Crippen molar-refractivity contribution in [1.29, 1.82) is 0 Å². The lowest BCUT2D eigenvalue weighted by Crippen LogP contribution is -2.43. The van der Waals surface area contributed by atoms with E-state index in [0.717, 1.165) is 13.1 Å². The summed E-state index contributed by atoms with van der Waals surface area (Å²) < 4.78 is 15.2. The molecular formula is C13H12ClFN4O. The molecule has 0 radical (unpaired) electrons.